The summed E-state index contributed by atoms with van der Waals surface area (Å²) in [5, 5.41) is 34.7. The second-order valence-electron chi connectivity index (χ2n) is 10.5. The summed E-state index contributed by atoms with van der Waals surface area (Å²) < 4.78 is 0. The van der Waals surface area contributed by atoms with Crippen LogP contribution in [-0.4, -0.2) is 98.5 Å². The molecule has 4 amide bonds. The van der Waals surface area contributed by atoms with Gasteiger partial charge in [0.05, 0.1) is 6.04 Å². The molecule has 5 atom stereocenters. The topological polar surface area (TPSA) is 246 Å². The Morgan fingerprint density at radius 1 is 0.800 bits per heavy atom. The zero-order valence-corrected chi connectivity index (χ0v) is 23.2. The highest BCUT2D eigenvalue weighted by Crippen LogP contribution is 2.21. The van der Waals surface area contributed by atoms with Crippen LogP contribution in [0.2, 0.25) is 0 Å². The summed E-state index contributed by atoms with van der Waals surface area (Å²) in [5.41, 5.74) is 5.73. The molecule has 15 heteroatoms. The van der Waals surface area contributed by atoms with Crippen molar-refractivity contribution in [3.05, 3.63) is 0 Å². The third-order valence-corrected chi connectivity index (χ3v) is 6.58. The summed E-state index contributed by atoms with van der Waals surface area (Å²) in [4.78, 5) is 86.7. The SMILES string of the molecule is CC(C)[C@H](NC(=O)[C@@H](NC(=O)[C@@H]1CCCN1C(=O)[C@H](CCC(=O)O)NC(=O)[C@@H](N)CCC(=O)O)C(C)C)C(=O)O. The largest absolute Gasteiger partial charge is 0.481 e. The van der Waals surface area contributed by atoms with Gasteiger partial charge in [0.1, 0.15) is 24.2 Å². The van der Waals surface area contributed by atoms with Crippen molar-refractivity contribution < 1.29 is 48.9 Å². The number of rotatable bonds is 16. The van der Waals surface area contributed by atoms with E-state index in [2.05, 4.69) is 16.0 Å². The van der Waals surface area contributed by atoms with Gasteiger partial charge >= 0.3 is 17.9 Å². The minimum Gasteiger partial charge on any atom is -0.481 e. The first kappa shape index (κ1) is 34.3. The van der Waals surface area contributed by atoms with Crippen molar-refractivity contribution in [2.45, 2.75) is 96.4 Å². The van der Waals surface area contributed by atoms with Crippen molar-refractivity contribution in [3.63, 3.8) is 0 Å². The molecule has 0 aromatic carbocycles. The number of carboxylic acids is 3. The molecule has 15 nitrogen and oxygen atoms in total. The van der Waals surface area contributed by atoms with Crippen LogP contribution in [0.4, 0.5) is 0 Å². The average molecular weight is 572 g/mol. The van der Waals surface area contributed by atoms with E-state index in [1.807, 2.05) is 0 Å². The number of carbonyl (C=O) groups excluding carboxylic acids is 4. The maximum Gasteiger partial charge on any atom is 0.326 e. The Morgan fingerprint density at radius 3 is 1.85 bits per heavy atom. The third kappa shape index (κ3) is 10.4. The molecule has 0 saturated carbocycles. The second-order valence-corrected chi connectivity index (χ2v) is 10.5. The fraction of sp³-hybridized carbons (Fsp3) is 0.720. The Hall–Kier alpha value is -3.75. The highest BCUT2D eigenvalue weighted by atomic mass is 16.4. The fourth-order valence-corrected chi connectivity index (χ4v) is 4.26. The molecule has 0 aromatic heterocycles. The zero-order chi connectivity index (χ0) is 30.7. The van der Waals surface area contributed by atoms with Gasteiger partial charge in [0.15, 0.2) is 0 Å². The number of hydrogen-bond donors (Lipinski definition) is 7. The lowest BCUT2D eigenvalue weighted by Gasteiger charge is -2.31. The minimum absolute atomic E-state index is 0.133. The van der Waals surface area contributed by atoms with Crippen LogP contribution in [0, 0.1) is 11.8 Å². The second kappa shape index (κ2) is 15.7. The Morgan fingerprint density at radius 2 is 1.35 bits per heavy atom. The van der Waals surface area contributed by atoms with Crippen molar-refractivity contribution in [1.29, 1.82) is 0 Å². The molecule has 1 rings (SSSR count). The van der Waals surface area contributed by atoms with E-state index in [-0.39, 0.29) is 32.2 Å². The van der Waals surface area contributed by atoms with Gasteiger partial charge in [-0.15, -0.1) is 0 Å². The first-order chi connectivity index (χ1) is 18.6. The summed E-state index contributed by atoms with van der Waals surface area (Å²) >= 11 is 0. The van der Waals surface area contributed by atoms with Crippen LogP contribution in [0.5, 0.6) is 0 Å². The third-order valence-electron chi connectivity index (χ3n) is 6.58. The molecule has 1 fully saturated rings. The summed E-state index contributed by atoms with van der Waals surface area (Å²) in [7, 11) is 0. The molecule has 0 radical (unpaired) electrons. The number of carbonyl (C=O) groups is 7. The van der Waals surface area contributed by atoms with Crippen molar-refractivity contribution in [3.8, 4) is 0 Å². The smallest absolute Gasteiger partial charge is 0.326 e. The maximum atomic E-state index is 13.4. The summed E-state index contributed by atoms with van der Waals surface area (Å²) in [5.74, 6) is -7.33. The van der Waals surface area contributed by atoms with Crippen LogP contribution >= 0.6 is 0 Å². The van der Waals surface area contributed by atoms with E-state index in [0.29, 0.717) is 6.42 Å². The number of nitrogens with one attached hydrogen (secondary N) is 3. The van der Waals surface area contributed by atoms with Crippen LogP contribution in [0.15, 0.2) is 0 Å². The lowest BCUT2D eigenvalue weighted by atomic mass is 9.99. The van der Waals surface area contributed by atoms with E-state index < -0.39 is 90.0 Å². The molecule has 1 aliphatic heterocycles. The minimum atomic E-state index is -1.33. The van der Waals surface area contributed by atoms with Crippen LogP contribution in [0.25, 0.3) is 0 Å². The number of likely N-dealkylation sites (tertiary alicyclic amines) is 1. The lowest BCUT2D eigenvalue weighted by Crippen LogP contribution is -2.59. The Balaban J connectivity index is 3.05. The first-order valence-electron chi connectivity index (χ1n) is 13.2. The van der Waals surface area contributed by atoms with Gasteiger partial charge in [-0.05, 0) is 37.5 Å². The van der Waals surface area contributed by atoms with Gasteiger partial charge in [0.2, 0.25) is 23.6 Å². The number of amides is 4. The standard InChI is InChI=1S/C25H41N5O10/c1-12(2)19(23(37)29-20(13(3)4)25(39)40)28-22(36)16-6-5-11-30(16)24(38)15(8-10-18(33)34)27-21(35)14(26)7-9-17(31)32/h12-16,19-20H,5-11,26H2,1-4H3,(H,27,35)(H,28,36)(H,29,37)(H,31,32)(H,33,34)(H,39,40)/t14-,15-,16-,19-,20-/m0/s1. The van der Waals surface area contributed by atoms with E-state index in [1.54, 1.807) is 27.7 Å². The van der Waals surface area contributed by atoms with Crippen molar-refractivity contribution in [1.82, 2.24) is 20.9 Å². The molecule has 0 unspecified atom stereocenters. The van der Waals surface area contributed by atoms with Crippen molar-refractivity contribution in [2.24, 2.45) is 17.6 Å². The summed E-state index contributed by atoms with van der Waals surface area (Å²) in [6.07, 6.45) is -0.680. The fourth-order valence-electron chi connectivity index (χ4n) is 4.26. The number of carboxylic acid groups (broad SMARTS) is 3. The molecule has 8 N–H and O–H groups in total. The van der Waals surface area contributed by atoms with Crippen LogP contribution in [-0.2, 0) is 33.6 Å². The van der Waals surface area contributed by atoms with Gasteiger partial charge in [-0.1, -0.05) is 27.7 Å². The number of nitrogens with zero attached hydrogens (tertiary/aromatic N) is 1. The van der Waals surface area contributed by atoms with E-state index in [4.69, 9.17) is 15.9 Å². The van der Waals surface area contributed by atoms with Crippen LogP contribution in [0.3, 0.4) is 0 Å². The molecule has 0 bridgehead atoms. The summed E-state index contributed by atoms with van der Waals surface area (Å²) in [6.45, 7) is 6.72. The number of aliphatic carboxylic acids is 3. The Labute approximate surface area is 232 Å². The molecule has 1 aliphatic rings. The molecular formula is C25H41N5O10. The Kier molecular flexibility index (Phi) is 13.5. The molecule has 1 heterocycles. The van der Waals surface area contributed by atoms with Gasteiger partial charge in [0, 0.05) is 19.4 Å². The molecule has 0 spiro atoms. The van der Waals surface area contributed by atoms with E-state index in [9.17, 15) is 38.7 Å². The average Bonchev–Trinajstić information content (AvgIpc) is 3.35. The molecular weight excluding hydrogens is 530 g/mol. The molecule has 0 aliphatic carbocycles. The summed E-state index contributed by atoms with van der Waals surface area (Å²) in [6, 6.07) is -5.87. The van der Waals surface area contributed by atoms with E-state index in [0.717, 1.165) is 0 Å². The molecule has 226 valence electrons. The molecule has 1 saturated heterocycles. The van der Waals surface area contributed by atoms with Gasteiger partial charge in [-0.3, -0.25) is 28.8 Å². The maximum absolute atomic E-state index is 13.4. The predicted molar refractivity (Wildman–Crippen MR) is 140 cm³/mol. The van der Waals surface area contributed by atoms with Gasteiger partial charge in [0.25, 0.3) is 0 Å². The monoisotopic (exact) mass is 571 g/mol. The van der Waals surface area contributed by atoms with Crippen LogP contribution < -0.4 is 21.7 Å². The highest BCUT2D eigenvalue weighted by Gasteiger charge is 2.40. The molecule has 40 heavy (non-hydrogen) atoms. The quantitative estimate of drug-likeness (QED) is 0.117. The normalized spacial score (nSPS) is 18.0. The molecule has 0 aromatic rings. The number of hydrogen-bond acceptors (Lipinski definition) is 8. The predicted octanol–water partition coefficient (Wildman–Crippen LogP) is -1.11. The van der Waals surface area contributed by atoms with E-state index in [1.165, 1.54) is 4.90 Å². The zero-order valence-electron chi connectivity index (χ0n) is 23.2. The highest BCUT2D eigenvalue weighted by molar-refractivity contribution is 5.96. The lowest BCUT2D eigenvalue weighted by molar-refractivity contribution is -0.145. The number of nitrogens with two attached hydrogens (primary N) is 1. The van der Waals surface area contributed by atoms with Crippen molar-refractivity contribution >= 4 is 41.5 Å². The Bertz CT molecular complexity index is 970. The van der Waals surface area contributed by atoms with Gasteiger partial charge in [-0.2, -0.15) is 0 Å². The van der Waals surface area contributed by atoms with Gasteiger partial charge < -0.3 is 41.9 Å². The van der Waals surface area contributed by atoms with Crippen LogP contribution in [0.1, 0.15) is 66.2 Å². The van der Waals surface area contributed by atoms with Crippen molar-refractivity contribution in [2.75, 3.05) is 6.54 Å². The van der Waals surface area contributed by atoms with Gasteiger partial charge in [-0.25, -0.2) is 4.79 Å². The first-order valence-corrected chi connectivity index (χ1v) is 13.2. The van der Waals surface area contributed by atoms with E-state index >= 15 is 0 Å².